The van der Waals surface area contributed by atoms with E-state index in [1.165, 1.54) is 18.6 Å². The van der Waals surface area contributed by atoms with Gasteiger partial charge in [-0.2, -0.15) is 8.96 Å². The average Bonchev–Trinajstić information content (AvgIpc) is 1.88. The highest BCUT2D eigenvalue weighted by molar-refractivity contribution is 9.09. The molecule has 0 radical (unpaired) electrons. The first-order chi connectivity index (χ1) is 4.79. The summed E-state index contributed by atoms with van der Waals surface area (Å²) >= 11 is 8.59. The first-order valence-electron chi connectivity index (χ1n) is 3.52. The lowest BCUT2D eigenvalue weighted by Gasteiger charge is -2.23. The molecule has 0 aliphatic carbocycles. The number of rotatable bonds is 2. The molecule has 4 heteroatoms. The largest absolute Gasteiger partial charge is 0.381 e. The SMILES string of the molecule is S[SH](S)CC1CCOCC1. The molecule has 1 nitrogen and oxygen atoms in total. The minimum Gasteiger partial charge on any atom is -0.381 e. The van der Waals surface area contributed by atoms with E-state index >= 15 is 0 Å². The van der Waals surface area contributed by atoms with Gasteiger partial charge in [0.15, 0.2) is 0 Å². The van der Waals surface area contributed by atoms with Crippen molar-refractivity contribution in [3.63, 3.8) is 0 Å². The number of thiol groups is 3. The molecule has 0 saturated carbocycles. The van der Waals surface area contributed by atoms with Crippen LogP contribution in [0.5, 0.6) is 0 Å². The van der Waals surface area contributed by atoms with Gasteiger partial charge in [-0.15, -0.1) is 23.3 Å². The first kappa shape index (κ1) is 9.10. The maximum absolute atomic E-state index is 5.24. The Morgan fingerprint density at radius 2 is 1.90 bits per heavy atom. The van der Waals surface area contributed by atoms with Crippen LogP contribution in [-0.4, -0.2) is 19.0 Å². The van der Waals surface area contributed by atoms with Crippen LogP contribution in [0.25, 0.3) is 0 Å². The predicted octanol–water partition coefficient (Wildman–Crippen LogP) is 2.10. The van der Waals surface area contributed by atoms with Gasteiger partial charge in [0.2, 0.25) is 0 Å². The van der Waals surface area contributed by atoms with Crippen molar-refractivity contribution >= 4 is 32.3 Å². The Bertz CT molecular complexity index is 91.0. The molecule has 0 spiro atoms. The normalized spacial score (nSPS) is 22.8. The minimum absolute atomic E-state index is 0.290. The van der Waals surface area contributed by atoms with Gasteiger partial charge < -0.3 is 4.74 Å². The lowest BCUT2D eigenvalue weighted by atomic mass is 10.0. The Morgan fingerprint density at radius 3 is 2.40 bits per heavy atom. The third kappa shape index (κ3) is 3.42. The van der Waals surface area contributed by atoms with Crippen LogP contribution in [0.15, 0.2) is 0 Å². The van der Waals surface area contributed by atoms with Gasteiger partial charge in [0.05, 0.1) is 0 Å². The van der Waals surface area contributed by atoms with Crippen molar-refractivity contribution in [1.82, 2.24) is 0 Å². The quantitative estimate of drug-likeness (QED) is 0.455. The van der Waals surface area contributed by atoms with Crippen LogP contribution in [-0.2, 0) is 4.74 Å². The van der Waals surface area contributed by atoms with Crippen LogP contribution in [0.4, 0.5) is 0 Å². The summed E-state index contributed by atoms with van der Waals surface area (Å²) in [6, 6.07) is 0. The Labute approximate surface area is 74.9 Å². The van der Waals surface area contributed by atoms with Crippen molar-refractivity contribution < 1.29 is 4.74 Å². The van der Waals surface area contributed by atoms with E-state index in [2.05, 4.69) is 23.3 Å². The summed E-state index contributed by atoms with van der Waals surface area (Å²) < 4.78 is 5.24. The minimum atomic E-state index is -0.290. The molecule has 0 aromatic carbocycles. The van der Waals surface area contributed by atoms with E-state index in [9.17, 15) is 0 Å². The Morgan fingerprint density at radius 1 is 1.30 bits per heavy atom. The molecule has 1 rings (SSSR count). The summed E-state index contributed by atoms with van der Waals surface area (Å²) in [6.07, 6.45) is 2.42. The lowest BCUT2D eigenvalue weighted by Crippen LogP contribution is -2.17. The van der Waals surface area contributed by atoms with Crippen molar-refractivity contribution in [3.8, 4) is 0 Å². The molecule has 0 aromatic rings. The summed E-state index contributed by atoms with van der Waals surface area (Å²) in [5, 5.41) is 0. The molecule has 1 saturated heterocycles. The van der Waals surface area contributed by atoms with Gasteiger partial charge in [0.25, 0.3) is 0 Å². The predicted molar refractivity (Wildman–Crippen MR) is 55.4 cm³/mol. The fraction of sp³-hybridized carbons (Fsp3) is 1.00. The van der Waals surface area contributed by atoms with Crippen molar-refractivity contribution in [2.75, 3.05) is 19.0 Å². The fourth-order valence-corrected chi connectivity index (χ4v) is 3.37. The van der Waals surface area contributed by atoms with E-state index in [4.69, 9.17) is 4.74 Å². The zero-order valence-electron chi connectivity index (χ0n) is 5.86. The second-order valence-corrected chi connectivity index (χ2v) is 7.56. The van der Waals surface area contributed by atoms with Gasteiger partial charge in [-0.05, 0) is 24.5 Å². The average molecular weight is 198 g/mol. The fourth-order valence-electron chi connectivity index (χ4n) is 1.16. The second kappa shape index (κ2) is 4.80. The highest BCUT2D eigenvalue weighted by Gasteiger charge is 2.13. The molecule has 10 heavy (non-hydrogen) atoms. The van der Waals surface area contributed by atoms with Crippen molar-refractivity contribution in [3.05, 3.63) is 0 Å². The number of hydrogen-bond donors (Lipinski definition) is 3. The van der Waals surface area contributed by atoms with Crippen molar-refractivity contribution in [2.45, 2.75) is 12.8 Å². The summed E-state index contributed by atoms with van der Waals surface area (Å²) in [6.45, 7) is 1.88. The van der Waals surface area contributed by atoms with Gasteiger partial charge in [-0.25, -0.2) is 0 Å². The second-order valence-electron chi connectivity index (χ2n) is 2.61. The molecule has 0 unspecified atom stereocenters. The van der Waals surface area contributed by atoms with Crippen LogP contribution in [0.2, 0.25) is 0 Å². The molecule has 1 fully saturated rings. The van der Waals surface area contributed by atoms with Crippen LogP contribution in [0, 0.1) is 5.92 Å². The van der Waals surface area contributed by atoms with Crippen LogP contribution >= 0.6 is 32.3 Å². The van der Waals surface area contributed by atoms with E-state index < -0.39 is 0 Å². The van der Waals surface area contributed by atoms with E-state index in [-0.39, 0.29) is 8.96 Å². The zero-order chi connectivity index (χ0) is 7.40. The van der Waals surface area contributed by atoms with Crippen LogP contribution in [0.3, 0.4) is 0 Å². The smallest absolute Gasteiger partial charge is 0.0468 e. The lowest BCUT2D eigenvalue weighted by molar-refractivity contribution is 0.0728. The highest BCUT2D eigenvalue weighted by Crippen LogP contribution is 2.38. The van der Waals surface area contributed by atoms with Crippen molar-refractivity contribution in [2.24, 2.45) is 5.92 Å². The number of hydrogen-bond acceptors (Lipinski definition) is 3. The molecule has 0 amide bonds. The standard InChI is InChI=1S/C6H14OS3/c8-10(9)5-6-1-3-7-4-2-6/h6,8-10H,1-5H2. The summed E-state index contributed by atoms with van der Waals surface area (Å²) in [4.78, 5) is 0. The van der Waals surface area contributed by atoms with E-state index in [1.54, 1.807) is 0 Å². The highest BCUT2D eigenvalue weighted by atomic mass is 33.5. The maximum atomic E-state index is 5.24. The van der Waals surface area contributed by atoms with Gasteiger partial charge >= 0.3 is 0 Å². The number of ether oxygens (including phenoxy) is 1. The van der Waals surface area contributed by atoms with Crippen LogP contribution in [0.1, 0.15) is 12.8 Å². The molecule has 1 aliphatic rings. The molecule has 1 aliphatic heterocycles. The molecule has 0 N–H and O–H groups in total. The Kier molecular flexibility index (Phi) is 4.37. The van der Waals surface area contributed by atoms with E-state index in [0.29, 0.717) is 0 Å². The van der Waals surface area contributed by atoms with Gasteiger partial charge in [-0.1, -0.05) is 0 Å². The molecule has 0 aromatic heterocycles. The Balaban J connectivity index is 2.13. The monoisotopic (exact) mass is 198 g/mol. The van der Waals surface area contributed by atoms with Gasteiger partial charge in [-0.3, -0.25) is 0 Å². The molecule has 0 atom stereocenters. The zero-order valence-corrected chi connectivity index (χ0v) is 8.55. The molecular weight excluding hydrogens is 184 g/mol. The molecule has 0 bridgehead atoms. The third-order valence-corrected chi connectivity index (χ3v) is 3.59. The summed E-state index contributed by atoms with van der Waals surface area (Å²) in [5.74, 6) is 2.01. The topological polar surface area (TPSA) is 9.23 Å². The molecule has 1 heterocycles. The maximum Gasteiger partial charge on any atom is 0.0468 e. The Hall–Kier alpha value is 1.01. The van der Waals surface area contributed by atoms with Crippen LogP contribution < -0.4 is 0 Å². The van der Waals surface area contributed by atoms with Gasteiger partial charge in [0.1, 0.15) is 0 Å². The molecule has 62 valence electrons. The first-order valence-corrected chi connectivity index (χ1v) is 7.35. The summed E-state index contributed by atoms with van der Waals surface area (Å²) in [7, 11) is -0.290. The van der Waals surface area contributed by atoms with Crippen molar-refractivity contribution in [1.29, 1.82) is 0 Å². The molecular formula is C6H14OS3. The van der Waals surface area contributed by atoms with E-state index in [1.807, 2.05) is 0 Å². The van der Waals surface area contributed by atoms with E-state index in [0.717, 1.165) is 19.1 Å². The summed E-state index contributed by atoms with van der Waals surface area (Å²) in [5.41, 5.74) is 0. The third-order valence-electron chi connectivity index (χ3n) is 1.76. The van der Waals surface area contributed by atoms with Gasteiger partial charge in [0, 0.05) is 13.2 Å².